The van der Waals surface area contributed by atoms with E-state index < -0.39 is 17.3 Å². The molecule has 0 amide bonds. The van der Waals surface area contributed by atoms with E-state index in [1.54, 1.807) is 12.1 Å². The van der Waals surface area contributed by atoms with Crippen LogP contribution in [0, 0.1) is 5.82 Å². The van der Waals surface area contributed by atoms with Crippen LogP contribution >= 0.6 is 0 Å². The quantitative estimate of drug-likeness (QED) is 0.520. The third-order valence-electron chi connectivity index (χ3n) is 2.68. The van der Waals surface area contributed by atoms with Gasteiger partial charge in [-0.15, -0.1) is 0 Å². The summed E-state index contributed by atoms with van der Waals surface area (Å²) in [5.41, 5.74) is 0.800. The van der Waals surface area contributed by atoms with Gasteiger partial charge in [0.25, 0.3) is 5.89 Å². The van der Waals surface area contributed by atoms with E-state index in [9.17, 15) is 19.1 Å². The van der Waals surface area contributed by atoms with Gasteiger partial charge in [0, 0.05) is 19.4 Å². The minimum Gasteiger partial charge on any atom is -0.504 e. The summed E-state index contributed by atoms with van der Waals surface area (Å²) in [7, 11) is 0. The van der Waals surface area contributed by atoms with Crippen LogP contribution in [0.15, 0.2) is 46.7 Å². The van der Waals surface area contributed by atoms with Gasteiger partial charge in [-0.25, -0.2) is 9.37 Å². The number of allylic oxidation sites excluding steroid dienone is 2. The maximum absolute atomic E-state index is 12.8. The van der Waals surface area contributed by atoms with E-state index in [-0.39, 0.29) is 11.7 Å². The summed E-state index contributed by atoms with van der Waals surface area (Å²) in [5, 5.41) is 9.21. The van der Waals surface area contributed by atoms with Crippen LogP contribution in [0.3, 0.4) is 0 Å². The number of hydrogen-bond donors (Lipinski definition) is 1. The summed E-state index contributed by atoms with van der Waals surface area (Å²) < 4.78 is 18.0. The molecule has 0 aliphatic heterocycles. The second kappa shape index (κ2) is 6.13. The maximum atomic E-state index is 12.8. The van der Waals surface area contributed by atoms with Crippen molar-refractivity contribution in [1.82, 2.24) is 4.98 Å². The second-order valence-electron chi connectivity index (χ2n) is 4.38. The first-order valence-electron chi connectivity index (χ1n) is 6.11. The molecular formula is C15H12FNO4. The number of halogens is 1. The topological polar surface area (TPSA) is 80.4 Å². The second-order valence-corrected chi connectivity index (χ2v) is 4.38. The van der Waals surface area contributed by atoms with Crippen molar-refractivity contribution in [3.63, 3.8) is 0 Å². The zero-order chi connectivity index (χ0) is 15.4. The van der Waals surface area contributed by atoms with Gasteiger partial charge in [0.1, 0.15) is 11.6 Å². The van der Waals surface area contributed by atoms with Crippen molar-refractivity contribution in [2.24, 2.45) is 0 Å². The number of Topliss-reactive ketones (excluding diaryl/α,β-unsaturated/α-hetero) is 1. The van der Waals surface area contributed by atoms with Crippen molar-refractivity contribution < 1.29 is 23.5 Å². The van der Waals surface area contributed by atoms with Crippen LogP contribution in [0.2, 0.25) is 0 Å². The predicted molar refractivity (Wildman–Crippen MR) is 71.4 cm³/mol. The monoisotopic (exact) mass is 289 g/mol. The Kier molecular flexibility index (Phi) is 4.27. The SMILES string of the molecule is CC(=O)/C(O)=C/C(=O)c1ncc(Cc2ccc(F)cc2)o1. The number of carbonyl (C=O) groups excluding carboxylic acids is 2. The molecule has 0 atom stereocenters. The van der Waals surface area contributed by atoms with Gasteiger partial charge in [-0.3, -0.25) is 9.59 Å². The summed E-state index contributed by atoms with van der Waals surface area (Å²) in [6.07, 6.45) is 2.48. The van der Waals surface area contributed by atoms with Crippen LogP contribution < -0.4 is 0 Å². The van der Waals surface area contributed by atoms with Crippen molar-refractivity contribution in [2.45, 2.75) is 13.3 Å². The molecule has 5 nitrogen and oxygen atoms in total. The van der Waals surface area contributed by atoms with Gasteiger partial charge in [0.15, 0.2) is 11.5 Å². The van der Waals surface area contributed by atoms with E-state index in [0.717, 1.165) is 18.6 Å². The van der Waals surface area contributed by atoms with Crippen LogP contribution in [0.5, 0.6) is 0 Å². The number of aliphatic hydroxyl groups is 1. The average molecular weight is 289 g/mol. The fourth-order valence-corrected chi connectivity index (χ4v) is 1.59. The fourth-order valence-electron chi connectivity index (χ4n) is 1.59. The van der Waals surface area contributed by atoms with Crippen LogP contribution in [-0.4, -0.2) is 21.7 Å². The first-order valence-corrected chi connectivity index (χ1v) is 6.11. The fraction of sp³-hybridized carbons (Fsp3) is 0.133. The lowest BCUT2D eigenvalue weighted by atomic mass is 10.1. The summed E-state index contributed by atoms with van der Waals surface area (Å²) >= 11 is 0. The van der Waals surface area contributed by atoms with Crippen LogP contribution in [-0.2, 0) is 11.2 Å². The molecule has 2 aromatic rings. The summed E-state index contributed by atoms with van der Waals surface area (Å²) in [6.45, 7) is 1.13. The lowest BCUT2D eigenvalue weighted by Crippen LogP contribution is -2.01. The van der Waals surface area contributed by atoms with Gasteiger partial charge in [-0.05, 0) is 17.7 Å². The highest BCUT2D eigenvalue weighted by Gasteiger charge is 2.14. The van der Waals surface area contributed by atoms with Gasteiger partial charge in [-0.2, -0.15) is 0 Å². The number of benzene rings is 1. The van der Waals surface area contributed by atoms with Gasteiger partial charge in [0.2, 0.25) is 5.78 Å². The highest BCUT2D eigenvalue weighted by molar-refractivity contribution is 6.06. The molecule has 0 aliphatic rings. The Hall–Kier alpha value is -2.76. The molecule has 1 heterocycles. The van der Waals surface area contributed by atoms with Crippen LogP contribution in [0.1, 0.15) is 28.9 Å². The summed E-state index contributed by atoms with van der Waals surface area (Å²) in [4.78, 5) is 26.3. The van der Waals surface area contributed by atoms with Gasteiger partial charge < -0.3 is 9.52 Å². The Morgan fingerprint density at radius 1 is 1.33 bits per heavy atom. The van der Waals surface area contributed by atoms with Crippen molar-refractivity contribution in [2.75, 3.05) is 0 Å². The lowest BCUT2D eigenvalue weighted by molar-refractivity contribution is -0.115. The largest absolute Gasteiger partial charge is 0.504 e. The van der Waals surface area contributed by atoms with Crippen molar-refractivity contribution in [3.05, 3.63) is 65.3 Å². The first kappa shape index (κ1) is 14.6. The molecule has 1 aromatic heterocycles. The number of nitrogens with zero attached hydrogens (tertiary/aromatic N) is 1. The molecule has 0 fully saturated rings. The molecule has 0 bridgehead atoms. The molecule has 1 N–H and O–H groups in total. The predicted octanol–water partition coefficient (Wildman–Crippen LogP) is 2.62. The third kappa shape index (κ3) is 3.85. The Bertz CT molecular complexity index is 701. The molecule has 0 unspecified atom stereocenters. The van der Waals surface area contributed by atoms with E-state index in [1.165, 1.54) is 18.3 Å². The zero-order valence-corrected chi connectivity index (χ0v) is 11.2. The molecule has 1 aromatic carbocycles. The molecule has 0 spiro atoms. The number of aliphatic hydroxyl groups excluding tert-OH is 1. The average Bonchev–Trinajstić information content (AvgIpc) is 2.90. The summed E-state index contributed by atoms with van der Waals surface area (Å²) in [5.74, 6) is -2.12. The van der Waals surface area contributed by atoms with Crippen LogP contribution in [0.4, 0.5) is 4.39 Å². The molecule has 108 valence electrons. The number of rotatable bonds is 5. The van der Waals surface area contributed by atoms with Crippen molar-refractivity contribution in [3.8, 4) is 0 Å². The smallest absolute Gasteiger partial charge is 0.267 e. The van der Waals surface area contributed by atoms with Gasteiger partial charge >= 0.3 is 0 Å². The summed E-state index contributed by atoms with van der Waals surface area (Å²) in [6, 6.07) is 5.85. The van der Waals surface area contributed by atoms with Crippen LogP contribution in [0.25, 0.3) is 0 Å². The van der Waals surface area contributed by atoms with E-state index in [4.69, 9.17) is 4.42 Å². The number of carbonyl (C=O) groups is 2. The third-order valence-corrected chi connectivity index (χ3v) is 2.68. The highest BCUT2D eigenvalue weighted by Crippen LogP contribution is 2.12. The van der Waals surface area contributed by atoms with Gasteiger partial charge in [0.05, 0.1) is 6.20 Å². The van der Waals surface area contributed by atoms with Crippen molar-refractivity contribution in [1.29, 1.82) is 0 Å². The number of aromatic nitrogens is 1. The van der Waals surface area contributed by atoms with Crippen molar-refractivity contribution >= 4 is 11.6 Å². The number of ketones is 2. The Balaban J connectivity index is 2.11. The minimum absolute atomic E-state index is 0.222. The molecule has 0 aliphatic carbocycles. The molecule has 21 heavy (non-hydrogen) atoms. The van der Waals surface area contributed by atoms with E-state index in [0.29, 0.717) is 12.2 Å². The first-order chi connectivity index (χ1) is 9.95. The lowest BCUT2D eigenvalue weighted by Gasteiger charge is -1.97. The highest BCUT2D eigenvalue weighted by atomic mass is 19.1. The van der Waals surface area contributed by atoms with Gasteiger partial charge in [-0.1, -0.05) is 12.1 Å². The molecule has 0 radical (unpaired) electrons. The Morgan fingerprint density at radius 3 is 2.62 bits per heavy atom. The Morgan fingerprint density at radius 2 is 2.00 bits per heavy atom. The normalized spacial score (nSPS) is 11.4. The van der Waals surface area contributed by atoms with E-state index in [2.05, 4.69) is 4.98 Å². The number of hydrogen-bond acceptors (Lipinski definition) is 5. The molecule has 2 rings (SSSR count). The molecule has 0 saturated heterocycles. The van der Waals surface area contributed by atoms with E-state index >= 15 is 0 Å². The standard InChI is InChI=1S/C15H12FNO4/c1-9(18)13(19)7-14(20)15-17-8-12(21-15)6-10-2-4-11(16)5-3-10/h2-5,7-8,19H,6H2,1H3/b13-7-. The minimum atomic E-state index is -0.701. The van der Waals surface area contributed by atoms with E-state index in [1.807, 2.05) is 0 Å². The molecule has 0 saturated carbocycles. The molecular weight excluding hydrogens is 277 g/mol. The maximum Gasteiger partial charge on any atom is 0.267 e. The molecule has 6 heteroatoms. The Labute approximate surface area is 119 Å². The zero-order valence-electron chi connectivity index (χ0n) is 11.2. The number of oxazole rings is 1.